The molecule has 106 valence electrons. The second kappa shape index (κ2) is 4.45. The van der Waals surface area contributed by atoms with Gasteiger partial charge in [0.15, 0.2) is 0 Å². The van der Waals surface area contributed by atoms with Crippen molar-refractivity contribution in [2.45, 2.75) is 18.4 Å². The van der Waals surface area contributed by atoms with Crippen molar-refractivity contribution in [1.29, 1.82) is 0 Å². The third-order valence-electron chi connectivity index (χ3n) is 3.94. The zero-order valence-electron chi connectivity index (χ0n) is 10.7. The molecule has 3 aliphatic rings. The molecule has 1 aliphatic carbocycles. The molecule has 0 atom stereocenters. The molecule has 4 rings (SSSR count). The van der Waals surface area contributed by atoms with Crippen LogP contribution in [0.5, 0.6) is 0 Å². The number of hydrogen-bond donors (Lipinski definition) is 2. The lowest BCUT2D eigenvalue weighted by Gasteiger charge is -2.52. The summed E-state index contributed by atoms with van der Waals surface area (Å²) in [5.74, 6) is -0.804. The number of nitro benzene ring substituents is 1. The molecule has 1 aromatic rings. The lowest BCUT2D eigenvalue weighted by Crippen LogP contribution is -2.59. The van der Waals surface area contributed by atoms with Gasteiger partial charge in [-0.05, 0) is 30.9 Å². The highest BCUT2D eigenvalue weighted by atomic mass is 16.6. The van der Waals surface area contributed by atoms with E-state index in [4.69, 9.17) is 9.84 Å². The Kier molecular flexibility index (Phi) is 2.86. The molecular weight excluding hydrogens is 264 g/mol. The summed E-state index contributed by atoms with van der Waals surface area (Å²) < 4.78 is 5.44. The van der Waals surface area contributed by atoms with Gasteiger partial charge in [-0.2, -0.15) is 0 Å². The molecule has 1 aromatic carbocycles. The van der Waals surface area contributed by atoms with E-state index >= 15 is 0 Å². The summed E-state index contributed by atoms with van der Waals surface area (Å²) in [4.78, 5) is 21.6. The van der Waals surface area contributed by atoms with Crippen molar-refractivity contribution in [1.82, 2.24) is 0 Å². The second-order valence-electron chi connectivity index (χ2n) is 5.46. The zero-order chi connectivity index (χ0) is 14.3. The monoisotopic (exact) mass is 278 g/mol. The molecule has 2 aliphatic heterocycles. The summed E-state index contributed by atoms with van der Waals surface area (Å²) in [6, 6.07) is 4.29. The van der Waals surface area contributed by atoms with Gasteiger partial charge in [0.25, 0.3) is 0 Å². The first-order chi connectivity index (χ1) is 9.51. The molecule has 20 heavy (non-hydrogen) atoms. The summed E-state index contributed by atoms with van der Waals surface area (Å²) in [6.07, 6.45) is 1.81. The van der Waals surface area contributed by atoms with Crippen molar-refractivity contribution >= 4 is 17.3 Å². The highest BCUT2D eigenvalue weighted by Gasteiger charge is 2.49. The van der Waals surface area contributed by atoms with Gasteiger partial charge in [0.1, 0.15) is 11.3 Å². The molecule has 0 radical (unpaired) electrons. The number of rotatable bonds is 4. The minimum Gasteiger partial charge on any atom is -0.477 e. The number of carboxylic acids is 1. The predicted molar refractivity (Wildman–Crippen MR) is 70.0 cm³/mol. The largest absolute Gasteiger partial charge is 0.477 e. The molecule has 7 nitrogen and oxygen atoms in total. The molecule has 1 saturated carbocycles. The second-order valence-corrected chi connectivity index (χ2v) is 5.46. The van der Waals surface area contributed by atoms with Crippen molar-refractivity contribution < 1.29 is 19.6 Å². The lowest BCUT2D eigenvalue weighted by atomic mass is 9.67. The van der Waals surface area contributed by atoms with Crippen molar-refractivity contribution in [3.8, 4) is 0 Å². The van der Waals surface area contributed by atoms with Crippen LogP contribution >= 0.6 is 0 Å². The van der Waals surface area contributed by atoms with Crippen LogP contribution in [0.4, 0.5) is 11.4 Å². The average Bonchev–Trinajstić information content (AvgIpc) is 2.37. The third kappa shape index (κ3) is 2.00. The van der Waals surface area contributed by atoms with Gasteiger partial charge in [0.05, 0.1) is 17.1 Å². The fourth-order valence-corrected chi connectivity index (χ4v) is 3.14. The van der Waals surface area contributed by atoms with Gasteiger partial charge >= 0.3 is 11.7 Å². The van der Waals surface area contributed by atoms with Gasteiger partial charge in [0, 0.05) is 6.61 Å². The summed E-state index contributed by atoms with van der Waals surface area (Å²) in [6.45, 7) is 1.23. The molecule has 2 bridgehead atoms. The number of carbonyl (C=O) groups is 1. The first-order valence-corrected chi connectivity index (χ1v) is 6.37. The minimum absolute atomic E-state index is 0.249. The van der Waals surface area contributed by atoms with Gasteiger partial charge in [-0.1, -0.05) is 6.07 Å². The fraction of sp³-hybridized carbons (Fsp3) is 0.462. The van der Waals surface area contributed by atoms with Crippen LogP contribution in [-0.2, 0) is 4.74 Å². The number of hydrogen-bond acceptors (Lipinski definition) is 5. The van der Waals surface area contributed by atoms with Crippen molar-refractivity contribution in [3.05, 3.63) is 33.9 Å². The number of fused-ring (bicyclic) bond motifs is 2. The molecule has 0 unspecified atom stereocenters. The van der Waals surface area contributed by atoms with E-state index in [2.05, 4.69) is 5.32 Å². The van der Waals surface area contributed by atoms with Crippen molar-refractivity contribution in [3.63, 3.8) is 0 Å². The maximum Gasteiger partial charge on any atom is 0.342 e. The maximum atomic E-state index is 11.2. The summed E-state index contributed by atoms with van der Waals surface area (Å²) in [7, 11) is 0. The first kappa shape index (κ1) is 12.9. The molecule has 2 saturated heterocycles. The number of ether oxygens (including phenoxy) is 1. The molecule has 3 fully saturated rings. The normalized spacial score (nSPS) is 27.5. The lowest BCUT2D eigenvalue weighted by molar-refractivity contribution is -0.384. The van der Waals surface area contributed by atoms with E-state index in [0.717, 1.165) is 19.4 Å². The first-order valence-electron chi connectivity index (χ1n) is 6.37. The third-order valence-corrected chi connectivity index (χ3v) is 3.94. The molecule has 0 amide bonds. The van der Waals surface area contributed by atoms with E-state index in [0.29, 0.717) is 12.5 Å². The van der Waals surface area contributed by atoms with Gasteiger partial charge < -0.3 is 15.2 Å². The van der Waals surface area contributed by atoms with Crippen LogP contribution in [0.15, 0.2) is 18.2 Å². The minimum atomic E-state index is -1.30. The van der Waals surface area contributed by atoms with Gasteiger partial charge in [-0.3, -0.25) is 10.1 Å². The molecule has 0 spiro atoms. The van der Waals surface area contributed by atoms with Crippen LogP contribution in [0.3, 0.4) is 0 Å². The number of carboxylic acid groups (broad SMARTS) is 1. The van der Waals surface area contributed by atoms with Crippen LogP contribution in [0.25, 0.3) is 0 Å². The Hall–Kier alpha value is -2.15. The van der Waals surface area contributed by atoms with E-state index in [1.165, 1.54) is 12.1 Å². The van der Waals surface area contributed by atoms with Crippen LogP contribution in [0.1, 0.15) is 23.2 Å². The smallest absolute Gasteiger partial charge is 0.342 e. The average molecular weight is 278 g/mol. The van der Waals surface area contributed by atoms with Crippen molar-refractivity contribution in [2.75, 3.05) is 18.5 Å². The Morgan fingerprint density at radius 1 is 1.50 bits per heavy atom. The molecule has 7 heteroatoms. The number of para-hydroxylation sites is 1. The van der Waals surface area contributed by atoms with E-state index in [1.807, 2.05) is 0 Å². The number of anilines is 1. The topological polar surface area (TPSA) is 102 Å². The maximum absolute atomic E-state index is 11.2. The molecule has 2 heterocycles. The van der Waals surface area contributed by atoms with Crippen LogP contribution in [0, 0.1) is 16.0 Å². The quantitative estimate of drug-likeness (QED) is 0.644. The standard InChI is InChI=1S/C13H14N2O5/c16-12(17)9-2-1-3-10(11(9)15(18)19)14-13-4-8(5-13)6-20-7-13/h1-3,8,14H,4-7H2,(H,16,17). The van der Waals surface area contributed by atoms with E-state index < -0.39 is 10.9 Å². The number of nitrogens with zero attached hydrogens (tertiary/aromatic N) is 1. The summed E-state index contributed by atoms with van der Waals surface area (Å²) in [5.41, 5.74) is -0.726. The molecule has 2 N–H and O–H groups in total. The van der Waals surface area contributed by atoms with E-state index in [-0.39, 0.29) is 22.5 Å². The molecular formula is C13H14N2O5. The number of benzene rings is 1. The number of aromatic carboxylic acids is 1. The predicted octanol–water partition coefficient (Wildman–Crippen LogP) is 1.88. The number of nitrogens with one attached hydrogen (secondary N) is 1. The Bertz CT molecular complexity index is 575. The van der Waals surface area contributed by atoms with E-state index in [9.17, 15) is 14.9 Å². The van der Waals surface area contributed by atoms with Gasteiger partial charge in [0.2, 0.25) is 0 Å². The van der Waals surface area contributed by atoms with Crippen LogP contribution < -0.4 is 5.32 Å². The van der Waals surface area contributed by atoms with Crippen molar-refractivity contribution in [2.24, 2.45) is 5.92 Å². The Labute approximate surface area is 114 Å². The van der Waals surface area contributed by atoms with Gasteiger partial charge in [-0.25, -0.2) is 4.79 Å². The zero-order valence-corrected chi connectivity index (χ0v) is 10.7. The Balaban J connectivity index is 1.95. The highest BCUT2D eigenvalue weighted by molar-refractivity contribution is 5.95. The highest BCUT2D eigenvalue weighted by Crippen LogP contribution is 2.45. The Morgan fingerprint density at radius 2 is 2.25 bits per heavy atom. The van der Waals surface area contributed by atoms with Crippen LogP contribution in [-0.4, -0.2) is 34.8 Å². The number of nitro groups is 1. The SMILES string of the molecule is O=C(O)c1cccc(NC23COCC(C2)C3)c1[N+](=O)[O-]. The fourth-order valence-electron chi connectivity index (χ4n) is 3.14. The van der Waals surface area contributed by atoms with Crippen LogP contribution in [0.2, 0.25) is 0 Å². The summed E-state index contributed by atoms with van der Waals surface area (Å²) >= 11 is 0. The summed E-state index contributed by atoms with van der Waals surface area (Å²) in [5, 5.41) is 23.4. The van der Waals surface area contributed by atoms with E-state index in [1.54, 1.807) is 6.07 Å². The molecule has 0 aromatic heterocycles. The Morgan fingerprint density at radius 3 is 2.80 bits per heavy atom. The van der Waals surface area contributed by atoms with Gasteiger partial charge in [-0.15, -0.1) is 0 Å².